The number of aryl methyl sites for hydroxylation is 3. The number of nitrogens with one attached hydrogen (secondary N) is 1. The molecule has 0 atom stereocenters. The van der Waals surface area contributed by atoms with Crippen LogP contribution in [-0.2, 0) is 6.54 Å². The number of hydrogen-bond acceptors (Lipinski definition) is 5. The molecule has 1 N–H and O–H groups in total. The van der Waals surface area contributed by atoms with E-state index < -0.39 is 0 Å². The van der Waals surface area contributed by atoms with Crippen LogP contribution < -0.4 is 0 Å². The molecule has 144 valence electrons. The fourth-order valence-electron chi connectivity index (χ4n) is 3.45. The maximum absolute atomic E-state index is 12.7. The zero-order chi connectivity index (χ0) is 19.7. The van der Waals surface area contributed by atoms with Gasteiger partial charge in [-0.15, -0.1) is 11.3 Å². The minimum absolute atomic E-state index is 0.114. The highest BCUT2D eigenvalue weighted by atomic mass is 32.1. The summed E-state index contributed by atoms with van der Waals surface area (Å²) in [4.78, 5) is 19.1. The molecule has 0 saturated carbocycles. The molecule has 1 aliphatic heterocycles. The second kappa shape index (κ2) is 7.67. The van der Waals surface area contributed by atoms with Crippen molar-refractivity contribution >= 4 is 28.9 Å². The van der Waals surface area contributed by atoms with Crippen molar-refractivity contribution in [2.45, 2.75) is 46.6 Å². The van der Waals surface area contributed by atoms with Crippen LogP contribution in [0, 0.1) is 20.8 Å². The normalized spacial score (nSPS) is 14.1. The van der Waals surface area contributed by atoms with Crippen LogP contribution in [0.15, 0.2) is 35.0 Å². The first-order chi connectivity index (χ1) is 13.5. The number of ketones is 1. The van der Waals surface area contributed by atoms with Gasteiger partial charge in [-0.2, -0.15) is 10.2 Å². The van der Waals surface area contributed by atoms with Gasteiger partial charge in [0.1, 0.15) is 0 Å². The zero-order valence-corrected chi connectivity index (χ0v) is 17.1. The molecule has 3 aromatic rings. The van der Waals surface area contributed by atoms with Gasteiger partial charge in [-0.05, 0) is 57.9 Å². The largest absolute Gasteiger partial charge is 0.293 e. The van der Waals surface area contributed by atoms with Crippen LogP contribution in [0.3, 0.4) is 0 Å². The van der Waals surface area contributed by atoms with Crippen molar-refractivity contribution in [1.29, 1.82) is 0 Å². The lowest BCUT2D eigenvalue weighted by Gasteiger charge is -2.12. The number of thiophene rings is 1. The van der Waals surface area contributed by atoms with E-state index in [-0.39, 0.29) is 5.78 Å². The molecule has 28 heavy (non-hydrogen) atoms. The molecule has 1 aliphatic rings. The van der Waals surface area contributed by atoms with Gasteiger partial charge in [-0.25, -0.2) is 0 Å². The summed E-state index contributed by atoms with van der Waals surface area (Å²) in [5.41, 5.74) is 5.87. The van der Waals surface area contributed by atoms with Crippen molar-refractivity contribution in [2.24, 2.45) is 4.99 Å². The Labute approximate surface area is 168 Å². The van der Waals surface area contributed by atoms with Crippen molar-refractivity contribution in [2.75, 3.05) is 0 Å². The van der Waals surface area contributed by atoms with Gasteiger partial charge < -0.3 is 0 Å². The maximum Gasteiger partial charge on any atom is 0.178 e. The number of aromatic amines is 1. The Hall–Kier alpha value is -2.80. The van der Waals surface area contributed by atoms with Gasteiger partial charge in [-0.1, -0.05) is 0 Å². The molecule has 0 bridgehead atoms. The molecule has 3 aromatic heterocycles. The number of hydrogen-bond donors (Lipinski definition) is 1. The molecule has 0 saturated heterocycles. The second-order valence-electron chi connectivity index (χ2n) is 7.15. The average molecular weight is 394 g/mol. The monoisotopic (exact) mass is 393 g/mol. The van der Waals surface area contributed by atoms with E-state index in [0.717, 1.165) is 56.6 Å². The Morgan fingerprint density at radius 2 is 2.11 bits per heavy atom. The average Bonchev–Trinajstić information content (AvgIpc) is 3.37. The minimum Gasteiger partial charge on any atom is -0.293 e. The van der Waals surface area contributed by atoms with E-state index in [1.807, 2.05) is 49.9 Å². The van der Waals surface area contributed by atoms with Crippen molar-refractivity contribution in [3.63, 3.8) is 0 Å². The number of nitrogens with zero attached hydrogens (tertiary/aromatic N) is 4. The van der Waals surface area contributed by atoms with E-state index >= 15 is 0 Å². The lowest BCUT2D eigenvalue weighted by molar-refractivity contribution is 0.0996. The summed E-state index contributed by atoms with van der Waals surface area (Å²) in [7, 11) is 0. The number of H-pyrrole nitrogens is 1. The van der Waals surface area contributed by atoms with Crippen LogP contribution in [-0.4, -0.2) is 32.0 Å². The van der Waals surface area contributed by atoms with Gasteiger partial charge in [0.15, 0.2) is 5.78 Å². The number of aromatic nitrogens is 4. The molecule has 4 rings (SSSR count). The number of rotatable bonds is 6. The number of allylic oxidation sites excluding steroid dienone is 2. The highest BCUT2D eigenvalue weighted by Gasteiger charge is 2.19. The molecule has 0 unspecified atom stereocenters. The topological polar surface area (TPSA) is 75.9 Å². The molecule has 0 radical (unpaired) electrons. The summed E-state index contributed by atoms with van der Waals surface area (Å²) in [6, 6.07) is 7.99. The van der Waals surface area contributed by atoms with E-state index in [1.54, 1.807) is 0 Å². The van der Waals surface area contributed by atoms with Crippen LogP contribution >= 0.6 is 11.3 Å². The lowest BCUT2D eigenvalue weighted by atomic mass is 9.99. The lowest BCUT2D eigenvalue weighted by Crippen LogP contribution is -2.04. The van der Waals surface area contributed by atoms with Gasteiger partial charge in [0.05, 0.1) is 40.6 Å². The van der Waals surface area contributed by atoms with Crippen molar-refractivity contribution in [1.82, 2.24) is 20.0 Å². The van der Waals surface area contributed by atoms with E-state index in [9.17, 15) is 4.79 Å². The SMILES string of the molecule is Cc1cc(C)n(Cc2cc(C3=C(CC(=O)c4ccc(C)s4)N=CCC3)n[nH]2)n1. The van der Waals surface area contributed by atoms with Gasteiger partial charge in [0.25, 0.3) is 0 Å². The third-order valence-electron chi connectivity index (χ3n) is 4.83. The van der Waals surface area contributed by atoms with E-state index in [2.05, 4.69) is 26.4 Å². The Balaban J connectivity index is 1.57. The fraction of sp³-hybridized carbons (Fsp3) is 0.333. The van der Waals surface area contributed by atoms with Crippen molar-refractivity contribution < 1.29 is 4.79 Å². The molecule has 0 spiro atoms. The number of carbonyl (C=O) groups is 1. The predicted octanol–water partition coefficient (Wildman–Crippen LogP) is 4.49. The molecule has 0 fully saturated rings. The first-order valence-electron chi connectivity index (χ1n) is 9.39. The molecular formula is C21H23N5OS. The van der Waals surface area contributed by atoms with E-state index in [0.29, 0.717) is 13.0 Å². The van der Waals surface area contributed by atoms with Crippen LogP contribution in [0.1, 0.15) is 56.6 Å². The van der Waals surface area contributed by atoms with E-state index in [4.69, 9.17) is 0 Å². The molecule has 6 nitrogen and oxygen atoms in total. The third kappa shape index (κ3) is 3.89. The van der Waals surface area contributed by atoms with Crippen LogP contribution in [0.5, 0.6) is 0 Å². The number of aliphatic imine (C=N–C) groups is 1. The van der Waals surface area contributed by atoms with Gasteiger partial charge in [-0.3, -0.25) is 19.6 Å². The number of carbonyl (C=O) groups excluding carboxylic acids is 1. The summed E-state index contributed by atoms with van der Waals surface area (Å²) in [6.45, 7) is 6.70. The van der Waals surface area contributed by atoms with Crippen LogP contribution in [0.2, 0.25) is 0 Å². The Morgan fingerprint density at radius 1 is 1.25 bits per heavy atom. The van der Waals surface area contributed by atoms with Crippen LogP contribution in [0.25, 0.3) is 5.57 Å². The summed E-state index contributed by atoms with van der Waals surface area (Å²) in [5.74, 6) is 0.114. The molecule has 0 aromatic carbocycles. The summed E-state index contributed by atoms with van der Waals surface area (Å²) >= 11 is 1.53. The van der Waals surface area contributed by atoms with Crippen LogP contribution in [0.4, 0.5) is 0 Å². The summed E-state index contributed by atoms with van der Waals surface area (Å²) < 4.78 is 1.96. The molecule has 0 amide bonds. The zero-order valence-electron chi connectivity index (χ0n) is 16.3. The quantitative estimate of drug-likeness (QED) is 0.627. The fourth-order valence-corrected chi connectivity index (χ4v) is 4.26. The maximum atomic E-state index is 12.7. The minimum atomic E-state index is 0.114. The standard InChI is InChI=1S/C21H23N5OS/c1-13-9-14(2)26(25-13)12-16-10-19(24-23-16)17-5-4-8-22-18(17)11-20(27)21-7-6-15(3)28-21/h6-10H,4-5,11-12H2,1-3H3,(H,23,24). The van der Waals surface area contributed by atoms with E-state index in [1.165, 1.54) is 11.3 Å². The highest BCUT2D eigenvalue weighted by Crippen LogP contribution is 2.30. The van der Waals surface area contributed by atoms with Gasteiger partial charge in [0, 0.05) is 22.4 Å². The Morgan fingerprint density at radius 3 is 2.82 bits per heavy atom. The molecular weight excluding hydrogens is 370 g/mol. The second-order valence-corrected chi connectivity index (χ2v) is 8.44. The molecule has 4 heterocycles. The summed E-state index contributed by atoms with van der Waals surface area (Å²) in [5, 5.41) is 12.1. The highest BCUT2D eigenvalue weighted by molar-refractivity contribution is 7.14. The predicted molar refractivity (Wildman–Crippen MR) is 112 cm³/mol. The molecule has 0 aliphatic carbocycles. The first kappa shape index (κ1) is 18.6. The van der Waals surface area contributed by atoms with Crippen molar-refractivity contribution in [3.8, 4) is 0 Å². The van der Waals surface area contributed by atoms with Gasteiger partial charge in [0.2, 0.25) is 0 Å². The van der Waals surface area contributed by atoms with Gasteiger partial charge >= 0.3 is 0 Å². The third-order valence-corrected chi connectivity index (χ3v) is 5.87. The van der Waals surface area contributed by atoms with Crippen molar-refractivity contribution in [3.05, 3.63) is 62.5 Å². The first-order valence-corrected chi connectivity index (χ1v) is 10.2. The Kier molecular flexibility index (Phi) is 5.09. The summed E-state index contributed by atoms with van der Waals surface area (Å²) in [6.07, 6.45) is 3.92. The number of Topliss-reactive ketones (excluding diaryl/α,β-unsaturated/α-hetero) is 1. The Bertz CT molecular complexity index is 1080. The molecule has 7 heteroatoms. The smallest absolute Gasteiger partial charge is 0.178 e.